The van der Waals surface area contributed by atoms with Gasteiger partial charge in [-0.1, -0.05) is 11.3 Å². The fraction of sp³-hybridized carbons (Fsp3) is 0.500. The van der Waals surface area contributed by atoms with Crippen LogP contribution in [0.4, 0.5) is 5.13 Å². The fourth-order valence-electron chi connectivity index (χ4n) is 1.95. The van der Waals surface area contributed by atoms with E-state index in [1.165, 1.54) is 22.7 Å². The summed E-state index contributed by atoms with van der Waals surface area (Å²) in [5, 5.41) is 14.5. The topological polar surface area (TPSA) is 80.2 Å². The maximum Gasteiger partial charge on any atom is 0.276 e. The monoisotopic (exact) mass is 325 g/mol. The normalized spacial score (nSPS) is 16.0. The number of carbonyl (C=O) groups is 1. The van der Waals surface area contributed by atoms with Crippen LogP contribution in [-0.2, 0) is 11.3 Å². The Kier molecular flexibility index (Phi) is 4.54. The van der Waals surface area contributed by atoms with Gasteiger partial charge in [-0.15, -0.1) is 21.5 Å². The molecule has 0 radical (unpaired) electrons. The molecule has 3 rings (SSSR count). The van der Waals surface area contributed by atoms with Crippen molar-refractivity contribution in [1.29, 1.82) is 0 Å². The summed E-state index contributed by atoms with van der Waals surface area (Å²) < 4.78 is 5.31. The Hall–Kier alpha value is -1.42. The van der Waals surface area contributed by atoms with E-state index < -0.39 is 0 Å². The van der Waals surface area contributed by atoms with E-state index in [-0.39, 0.29) is 5.91 Å². The molecule has 0 bridgehead atoms. The van der Waals surface area contributed by atoms with Crippen molar-refractivity contribution in [3.05, 3.63) is 21.1 Å². The van der Waals surface area contributed by atoms with Crippen LogP contribution in [0.1, 0.15) is 20.5 Å². The van der Waals surface area contributed by atoms with Gasteiger partial charge < -0.3 is 4.74 Å². The predicted octanol–water partition coefficient (Wildman–Crippen LogP) is 1.39. The van der Waals surface area contributed by atoms with Gasteiger partial charge in [0, 0.05) is 18.5 Å². The highest BCUT2D eigenvalue weighted by Gasteiger charge is 2.16. The average Bonchev–Trinajstić information content (AvgIpc) is 3.09. The number of thiazole rings is 1. The van der Waals surface area contributed by atoms with Crippen molar-refractivity contribution in [3.63, 3.8) is 0 Å². The van der Waals surface area contributed by atoms with Gasteiger partial charge in [-0.2, -0.15) is 0 Å². The lowest BCUT2D eigenvalue weighted by atomic mass is 10.4. The number of rotatable bonds is 4. The van der Waals surface area contributed by atoms with Crippen molar-refractivity contribution in [2.75, 3.05) is 31.6 Å². The number of morpholine rings is 1. The van der Waals surface area contributed by atoms with Crippen molar-refractivity contribution < 1.29 is 9.53 Å². The second kappa shape index (κ2) is 6.56. The lowest BCUT2D eigenvalue weighted by molar-refractivity contribution is 0.0341. The Morgan fingerprint density at radius 3 is 2.95 bits per heavy atom. The number of carbonyl (C=O) groups excluding carboxylic acids is 1. The highest BCUT2D eigenvalue weighted by Crippen LogP contribution is 2.17. The molecule has 1 N–H and O–H groups in total. The van der Waals surface area contributed by atoms with Gasteiger partial charge >= 0.3 is 0 Å². The van der Waals surface area contributed by atoms with E-state index >= 15 is 0 Å². The molecular weight excluding hydrogens is 310 g/mol. The molecule has 0 spiro atoms. The van der Waals surface area contributed by atoms with Crippen molar-refractivity contribution in [3.8, 4) is 0 Å². The first kappa shape index (κ1) is 14.5. The zero-order valence-corrected chi connectivity index (χ0v) is 13.2. The number of aryl methyl sites for hydroxylation is 1. The van der Waals surface area contributed by atoms with Crippen LogP contribution < -0.4 is 5.32 Å². The van der Waals surface area contributed by atoms with Gasteiger partial charge in [0.15, 0.2) is 0 Å². The SMILES string of the molecule is Cc1nnc(NC(=O)c2csc(CN3CCOCC3)n2)s1. The molecule has 3 heterocycles. The summed E-state index contributed by atoms with van der Waals surface area (Å²) in [6.07, 6.45) is 0. The second-order valence-corrected chi connectivity index (χ2v) is 6.72. The molecule has 0 aliphatic carbocycles. The zero-order valence-electron chi connectivity index (χ0n) is 11.5. The van der Waals surface area contributed by atoms with E-state index in [9.17, 15) is 4.79 Å². The Labute approximate surface area is 130 Å². The molecule has 21 heavy (non-hydrogen) atoms. The first-order valence-corrected chi connectivity index (χ1v) is 8.26. The van der Waals surface area contributed by atoms with Gasteiger partial charge in [-0.05, 0) is 6.92 Å². The van der Waals surface area contributed by atoms with Crippen LogP contribution in [0, 0.1) is 6.92 Å². The number of anilines is 1. The molecule has 0 saturated carbocycles. The smallest absolute Gasteiger partial charge is 0.276 e. The average molecular weight is 325 g/mol. The molecule has 112 valence electrons. The molecule has 1 aliphatic heterocycles. The maximum absolute atomic E-state index is 12.1. The van der Waals surface area contributed by atoms with Crippen molar-refractivity contribution in [2.45, 2.75) is 13.5 Å². The van der Waals surface area contributed by atoms with Crippen LogP contribution >= 0.6 is 22.7 Å². The summed E-state index contributed by atoms with van der Waals surface area (Å²) in [7, 11) is 0. The molecule has 7 nitrogen and oxygen atoms in total. The Morgan fingerprint density at radius 1 is 1.43 bits per heavy atom. The van der Waals surface area contributed by atoms with Gasteiger partial charge in [-0.25, -0.2) is 4.98 Å². The number of amides is 1. The molecule has 1 amide bonds. The Balaban J connectivity index is 1.59. The van der Waals surface area contributed by atoms with E-state index in [0.717, 1.165) is 42.9 Å². The summed E-state index contributed by atoms with van der Waals surface area (Å²) in [5.74, 6) is -0.240. The molecule has 1 fully saturated rings. The Morgan fingerprint density at radius 2 is 2.24 bits per heavy atom. The molecule has 0 aromatic carbocycles. The van der Waals surface area contributed by atoms with Crippen LogP contribution in [0.25, 0.3) is 0 Å². The summed E-state index contributed by atoms with van der Waals surface area (Å²) in [5.41, 5.74) is 0.427. The van der Waals surface area contributed by atoms with Crippen LogP contribution in [0.15, 0.2) is 5.38 Å². The largest absolute Gasteiger partial charge is 0.379 e. The van der Waals surface area contributed by atoms with Crippen LogP contribution in [0.5, 0.6) is 0 Å². The maximum atomic E-state index is 12.1. The summed E-state index contributed by atoms with van der Waals surface area (Å²) >= 11 is 2.85. The van der Waals surface area contributed by atoms with E-state index in [1.54, 1.807) is 5.38 Å². The zero-order chi connectivity index (χ0) is 14.7. The molecule has 2 aromatic rings. The first-order chi connectivity index (χ1) is 10.2. The van der Waals surface area contributed by atoms with Crippen LogP contribution in [-0.4, -0.2) is 52.3 Å². The third kappa shape index (κ3) is 3.82. The third-order valence-corrected chi connectivity index (χ3v) is 4.58. The molecule has 9 heteroatoms. The van der Waals surface area contributed by atoms with Gasteiger partial charge in [0.2, 0.25) is 5.13 Å². The summed E-state index contributed by atoms with van der Waals surface area (Å²) in [6.45, 7) is 5.94. The number of nitrogens with zero attached hydrogens (tertiary/aromatic N) is 4. The lowest BCUT2D eigenvalue weighted by Crippen LogP contribution is -2.35. The molecular formula is C12H15N5O2S2. The van der Waals surface area contributed by atoms with E-state index in [0.29, 0.717) is 10.8 Å². The summed E-state index contributed by atoms with van der Waals surface area (Å²) in [4.78, 5) is 18.7. The minimum absolute atomic E-state index is 0.240. The van der Waals surface area contributed by atoms with Gasteiger partial charge in [0.05, 0.1) is 19.8 Å². The predicted molar refractivity (Wildman–Crippen MR) is 80.8 cm³/mol. The minimum atomic E-state index is -0.240. The highest BCUT2D eigenvalue weighted by atomic mass is 32.1. The van der Waals surface area contributed by atoms with Gasteiger partial charge in [0.25, 0.3) is 5.91 Å². The number of hydrogen-bond donors (Lipinski definition) is 1. The molecule has 0 atom stereocenters. The molecule has 1 aliphatic rings. The van der Waals surface area contributed by atoms with Gasteiger partial charge in [0.1, 0.15) is 15.7 Å². The molecule has 2 aromatic heterocycles. The standard InChI is InChI=1S/C12H15N5O2S2/c1-8-15-16-12(21-8)14-11(18)9-7-20-10(13-9)6-17-2-4-19-5-3-17/h7H,2-6H2,1H3,(H,14,16,18). The summed E-state index contributed by atoms with van der Waals surface area (Å²) in [6, 6.07) is 0. The third-order valence-electron chi connectivity index (χ3n) is 2.99. The van der Waals surface area contributed by atoms with Crippen LogP contribution in [0.3, 0.4) is 0 Å². The number of nitrogens with one attached hydrogen (secondary N) is 1. The van der Waals surface area contributed by atoms with E-state index in [4.69, 9.17) is 4.74 Å². The fourth-order valence-corrected chi connectivity index (χ4v) is 3.35. The van der Waals surface area contributed by atoms with Gasteiger partial charge in [-0.3, -0.25) is 15.0 Å². The molecule has 0 unspecified atom stereocenters. The number of ether oxygens (including phenoxy) is 1. The number of hydrogen-bond acceptors (Lipinski definition) is 8. The minimum Gasteiger partial charge on any atom is -0.379 e. The van der Waals surface area contributed by atoms with E-state index in [2.05, 4.69) is 25.4 Å². The first-order valence-electron chi connectivity index (χ1n) is 6.56. The number of aromatic nitrogens is 3. The van der Waals surface area contributed by atoms with Crippen molar-refractivity contribution in [1.82, 2.24) is 20.1 Å². The molecule has 1 saturated heterocycles. The second-order valence-electron chi connectivity index (χ2n) is 4.60. The van der Waals surface area contributed by atoms with Crippen LogP contribution in [0.2, 0.25) is 0 Å². The lowest BCUT2D eigenvalue weighted by Gasteiger charge is -2.25. The highest BCUT2D eigenvalue weighted by molar-refractivity contribution is 7.15. The Bertz CT molecular complexity index is 621. The van der Waals surface area contributed by atoms with Crippen molar-refractivity contribution >= 4 is 33.7 Å². The van der Waals surface area contributed by atoms with Crippen molar-refractivity contribution in [2.24, 2.45) is 0 Å². The van der Waals surface area contributed by atoms with E-state index in [1.807, 2.05) is 6.92 Å². The quantitative estimate of drug-likeness (QED) is 0.915.